The molecular formula is C20H18N2O6S. The second-order valence-corrected chi connectivity index (χ2v) is 7.01. The molecule has 3 rings (SSSR count). The Hall–Kier alpha value is -3.46. The predicted octanol–water partition coefficient (Wildman–Crippen LogP) is 3.17. The molecule has 0 radical (unpaired) electrons. The van der Waals surface area contributed by atoms with Crippen LogP contribution in [-0.2, 0) is 9.59 Å². The number of carbonyl (C=O) groups excluding carboxylic acids is 3. The van der Waals surface area contributed by atoms with E-state index in [2.05, 4.69) is 5.32 Å². The van der Waals surface area contributed by atoms with Gasteiger partial charge in [0.25, 0.3) is 11.1 Å². The monoisotopic (exact) mass is 414 g/mol. The fourth-order valence-electron chi connectivity index (χ4n) is 2.58. The number of amides is 3. The molecule has 1 saturated heterocycles. The molecule has 1 aliphatic heterocycles. The number of phenolic OH excluding ortho intramolecular Hbond substituents is 2. The van der Waals surface area contributed by atoms with Gasteiger partial charge in [0.05, 0.1) is 11.5 Å². The van der Waals surface area contributed by atoms with E-state index in [1.807, 2.05) is 6.92 Å². The fourth-order valence-corrected chi connectivity index (χ4v) is 3.41. The number of ether oxygens (including phenoxy) is 1. The standard InChI is InChI=1S/C20H18N2O6S/c1-2-28-15-7-4-13(5-8-15)21-18(25)11-22-19(26)17(29-20(22)27)9-12-3-6-14(23)10-16(12)24/h3-10,23-24H,2,11H2,1H3,(H,21,25)/b17-9-. The number of carbonyl (C=O) groups is 3. The van der Waals surface area contributed by atoms with E-state index in [9.17, 15) is 24.6 Å². The number of phenols is 2. The van der Waals surface area contributed by atoms with Gasteiger partial charge in [0.15, 0.2) is 0 Å². The van der Waals surface area contributed by atoms with Crippen LogP contribution < -0.4 is 10.1 Å². The first-order chi connectivity index (χ1) is 13.9. The van der Waals surface area contributed by atoms with Crippen LogP contribution >= 0.6 is 11.8 Å². The van der Waals surface area contributed by atoms with E-state index in [0.717, 1.165) is 11.0 Å². The van der Waals surface area contributed by atoms with Gasteiger partial charge in [0.2, 0.25) is 5.91 Å². The lowest BCUT2D eigenvalue weighted by Crippen LogP contribution is -2.36. The zero-order valence-corrected chi connectivity index (χ0v) is 16.2. The Morgan fingerprint density at radius 1 is 1.17 bits per heavy atom. The summed E-state index contributed by atoms with van der Waals surface area (Å²) >= 11 is 0.674. The van der Waals surface area contributed by atoms with Crippen molar-refractivity contribution in [3.8, 4) is 17.2 Å². The second kappa shape index (κ2) is 8.70. The van der Waals surface area contributed by atoms with Gasteiger partial charge in [0, 0.05) is 17.3 Å². The molecule has 1 fully saturated rings. The van der Waals surface area contributed by atoms with E-state index in [0.29, 0.717) is 29.8 Å². The van der Waals surface area contributed by atoms with Crippen molar-refractivity contribution in [2.75, 3.05) is 18.5 Å². The summed E-state index contributed by atoms with van der Waals surface area (Å²) in [5.74, 6) is -0.845. The first-order valence-electron chi connectivity index (χ1n) is 8.67. The topological polar surface area (TPSA) is 116 Å². The maximum absolute atomic E-state index is 12.5. The summed E-state index contributed by atoms with van der Waals surface area (Å²) in [7, 11) is 0. The number of thioether (sulfide) groups is 1. The Labute approximate surface area is 170 Å². The fraction of sp³-hybridized carbons (Fsp3) is 0.150. The lowest BCUT2D eigenvalue weighted by Gasteiger charge is -2.12. The van der Waals surface area contributed by atoms with Crippen LogP contribution in [0.4, 0.5) is 10.5 Å². The lowest BCUT2D eigenvalue weighted by atomic mass is 10.1. The average molecular weight is 414 g/mol. The molecule has 0 spiro atoms. The molecule has 0 saturated carbocycles. The smallest absolute Gasteiger partial charge is 0.294 e. The molecule has 3 amide bonds. The number of nitrogens with zero attached hydrogens (tertiary/aromatic N) is 1. The summed E-state index contributed by atoms with van der Waals surface area (Å²) < 4.78 is 5.33. The van der Waals surface area contributed by atoms with Crippen LogP contribution in [0.5, 0.6) is 17.2 Å². The van der Waals surface area contributed by atoms with Gasteiger partial charge in [-0.3, -0.25) is 19.3 Å². The van der Waals surface area contributed by atoms with Crippen LogP contribution in [0.25, 0.3) is 6.08 Å². The molecule has 0 bridgehead atoms. The SMILES string of the molecule is CCOc1ccc(NC(=O)CN2C(=O)S/C(=C\c3ccc(O)cc3O)C2=O)cc1. The van der Waals surface area contributed by atoms with E-state index < -0.39 is 23.6 Å². The van der Waals surface area contributed by atoms with Crippen LogP contribution in [0.1, 0.15) is 12.5 Å². The first-order valence-corrected chi connectivity index (χ1v) is 9.49. The molecule has 29 heavy (non-hydrogen) atoms. The zero-order chi connectivity index (χ0) is 21.0. The molecule has 9 heteroatoms. The van der Waals surface area contributed by atoms with Crippen molar-refractivity contribution >= 4 is 40.6 Å². The first kappa shape index (κ1) is 20.3. The third kappa shape index (κ3) is 4.88. The molecule has 1 aliphatic rings. The number of aromatic hydroxyl groups is 2. The molecule has 8 nitrogen and oxygen atoms in total. The molecule has 2 aromatic carbocycles. The molecule has 2 aromatic rings. The second-order valence-electron chi connectivity index (χ2n) is 6.02. The largest absolute Gasteiger partial charge is 0.508 e. The van der Waals surface area contributed by atoms with E-state index >= 15 is 0 Å². The van der Waals surface area contributed by atoms with Crippen LogP contribution in [0, 0.1) is 0 Å². The number of rotatable bonds is 6. The highest BCUT2D eigenvalue weighted by molar-refractivity contribution is 8.18. The van der Waals surface area contributed by atoms with Crippen molar-refractivity contribution in [3.05, 3.63) is 52.9 Å². The average Bonchev–Trinajstić information content (AvgIpc) is 2.93. The minimum Gasteiger partial charge on any atom is -0.508 e. The van der Waals surface area contributed by atoms with Crippen LogP contribution in [-0.4, -0.2) is 45.3 Å². The maximum atomic E-state index is 12.5. The Morgan fingerprint density at radius 2 is 1.90 bits per heavy atom. The van der Waals surface area contributed by atoms with Crippen LogP contribution in [0.15, 0.2) is 47.4 Å². The van der Waals surface area contributed by atoms with Crippen molar-refractivity contribution in [1.29, 1.82) is 0 Å². The Morgan fingerprint density at radius 3 is 2.55 bits per heavy atom. The third-order valence-corrected chi connectivity index (χ3v) is 4.83. The molecule has 1 heterocycles. The quantitative estimate of drug-likeness (QED) is 0.622. The van der Waals surface area contributed by atoms with Crippen molar-refractivity contribution in [2.45, 2.75) is 6.92 Å². The Balaban J connectivity index is 1.66. The summed E-state index contributed by atoms with van der Waals surface area (Å²) in [5.41, 5.74) is 0.780. The van der Waals surface area contributed by atoms with Crippen molar-refractivity contribution < 1.29 is 29.3 Å². The zero-order valence-electron chi connectivity index (χ0n) is 15.4. The maximum Gasteiger partial charge on any atom is 0.294 e. The summed E-state index contributed by atoms with van der Waals surface area (Å²) in [5, 5.41) is 21.2. The molecule has 0 aliphatic carbocycles. The van der Waals surface area contributed by atoms with Gasteiger partial charge < -0.3 is 20.3 Å². The van der Waals surface area contributed by atoms with Gasteiger partial charge in [0.1, 0.15) is 23.8 Å². The molecule has 0 atom stereocenters. The number of hydrogen-bond acceptors (Lipinski definition) is 7. The number of hydrogen-bond donors (Lipinski definition) is 3. The summed E-state index contributed by atoms with van der Waals surface area (Å²) in [6, 6.07) is 10.6. The van der Waals surface area contributed by atoms with Gasteiger partial charge in [-0.25, -0.2) is 0 Å². The van der Waals surface area contributed by atoms with Gasteiger partial charge in [-0.1, -0.05) is 0 Å². The van der Waals surface area contributed by atoms with Crippen molar-refractivity contribution in [1.82, 2.24) is 4.90 Å². The molecule has 0 unspecified atom stereocenters. The van der Waals surface area contributed by atoms with Gasteiger partial charge in [-0.2, -0.15) is 0 Å². The minimum atomic E-state index is -0.630. The minimum absolute atomic E-state index is 0.0739. The normalized spacial score (nSPS) is 15.1. The Kier molecular flexibility index (Phi) is 6.08. The summed E-state index contributed by atoms with van der Waals surface area (Å²) in [6.07, 6.45) is 1.34. The molecular weight excluding hydrogens is 396 g/mol. The van der Waals surface area contributed by atoms with E-state index in [1.54, 1.807) is 24.3 Å². The van der Waals surface area contributed by atoms with E-state index in [-0.39, 0.29) is 22.0 Å². The third-order valence-electron chi connectivity index (χ3n) is 3.93. The molecule has 0 aromatic heterocycles. The van der Waals surface area contributed by atoms with Crippen molar-refractivity contribution in [2.24, 2.45) is 0 Å². The molecule has 3 N–H and O–H groups in total. The van der Waals surface area contributed by atoms with Crippen molar-refractivity contribution in [3.63, 3.8) is 0 Å². The Bertz CT molecular complexity index is 987. The van der Waals surface area contributed by atoms with Gasteiger partial charge >= 0.3 is 0 Å². The number of imide groups is 1. The summed E-state index contributed by atoms with van der Waals surface area (Å²) in [4.78, 5) is 37.8. The lowest BCUT2D eigenvalue weighted by molar-refractivity contribution is -0.127. The van der Waals surface area contributed by atoms with Crippen LogP contribution in [0.3, 0.4) is 0 Å². The van der Waals surface area contributed by atoms with Gasteiger partial charge in [-0.15, -0.1) is 0 Å². The van der Waals surface area contributed by atoms with Crippen LogP contribution in [0.2, 0.25) is 0 Å². The summed E-state index contributed by atoms with van der Waals surface area (Å²) in [6.45, 7) is 1.96. The number of benzene rings is 2. The highest BCUT2D eigenvalue weighted by Crippen LogP contribution is 2.34. The number of anilines is 1. The highest BCUT2D eigenvalue weighted by atomic mass is 32.2. The van der Waals surface area contributed by atoms with Gasteiger partial charge in [-0.05, 0) is 61.2 Å². The molecule has 150 valence electrons. The predicted molar refractivity (Wildman–Crippen MR) is 109 cm³/mol. The number of nitrogens with one attached hydrogen (secondary N) is 1. The highest BCUT2D eigenvalue weighted by Gasteiger charge is 2.36. The van der Waals surface area contributed by atoms with E-state index in [1.165, 1.54) is 18.2 Å². The van der Waals surface area contributed by atoms with E-state index in [4.69, 9.17) is 4.74 Å².